The van der Waals surface area contributed by atoms with E-state index in [0.717, 1.165) is 4.47 Å². The van der Waals surface area contributed by atoms with Gasteiger partial charge in [-0.1, -0.05) is 15.9 Å². The highest BCUT2D eigenvalue weighted by Gasteiger charge is 2.13. The van der Waals surface area contributed by atoms with Gasteiger partial charge >= 0.3 is 0 Å². The highest BCUT2D eigenvalue weighted by atomic mass is 79.9. The Bertz CT molecular complexity index is 829. The summed E-state index contributed by atoms with van der Waals surface area (Å²) in [7, 11) is 0. The molecule has 0 amide bonds. The zero-order chi connectivity index (χ0) is 14.3. The monoisotopic (exact) mass is 333 g/mol. The second-order valence-electron chi connectivity index (χ2n) is 4.21. The first-order valence-electron chi connectivity index (χ1n) is 5.67. The van der Waals surface area contributed by atoms with Gasteiger partial charge in [-0.15, -0.1) is 0 Å². The zero-order valence-electron chi connectivity index (χ0n) is 10.0. The Hall–Kier alpha value is -2.41. The molecule has 0 radical (unpaired) electrons. The molecule has 1 aromatic heterocycles. The molecule has 6 nitrogen and oxygen atoms in total. The lowest BCUT2D eigenvalue weighted by molar-refractivity contribution is -0.384. The molecule has 2 N–H and O–H groups in total. The SMILES string of the molecule is O=[N+]([O-])c1ccc2nc(-c3cc(Br)ccc3O)[nH]c2c1. The van der Waals surface area contributed by atoms with Gasteiger partial charge in [0, 0.05) is 16.6 Å². The van der Waals surface area contributed by atoms with E-state index in [1.165, 1.54) is 12.1 Å². The summed E-state index contributed by atoms with van der Waals surface area (Å²) in [6.45, 7) is 0. The number of phenolic OH excluding ortho intramolecular Hbond substituents is 1. The van der Waals surface area contributed by atoms with E-state index in [9.17, 15) is 15.2 Å². The van der Waals surface area contributed by atoms with Crippen LogP contribution in [-0.4, -0.2) is 20.0 Å². The number of nitro benzene ring substituents is 1. The number of imidazole rings is 1. The molecule has 0 atom stereocenters. The first kappa shape index (κ1) is 12.6. The van der Waals surface area contributed by atoms with Gasteiger partial charge in [-0.05, 0) is 24.3 Å². The van der Waals surface area contributed by atoms with Gasteiger partial charge in [-0.2, -0.15) is 0 Å². The van der Waals surface area contributed by atoms with E-state index in [1.54, 1.807) is 24.3 Å². The first-order chi connectivity index (χ1) is 9.54. The third kappa shape index (κ3) is 2.12. The fraction of sp³-hybridized carbons (Fsp3) is 0. The fourth-order valence-corrected chi connectivity index (χ4v) is 2.30. The van der Waals surface area contributed by atoms with Crippen molar-refractivity contribution in [3.05, 3.63) is 51.0 Å². The molecule has 3 aromatic rings. The topological polar surface area (TPSA) is 92.1 Å². The van der Waals surface area contributed by atoms with E-state index in [4.69, 9.17) is 0 Å². The molecule has 100 valence electrons. The summed E-state index contributed by atoms with van der Waals surface area (Å²) in [5.74, 6) is 0.543. The van der Waals surface area contributed by atoms with Crippen LogP contribution in [-0.2, 0) is 0 Å². The second kappa shape index (κ2) is 4.61. The normalized spacial score (nSPS) is 10.8. The summed E-state index contributed by atoms with van der Waals surface area (Å²) in [5, 5.41) is 20.6. The summed E-state index contributed by atoms with van der Waals surface area (Å²) in [4.78, 5) is 17.6. The van der Waals surface area contributed by atoms with Crippen LogP contribution in [0.4, 0.5) is 5.69 Å². The lowest BCUT2D eigenvalue weighted by atomic mass is 10.2. The van der Waals surface area contributed by atoms with Crippen molar-refractivity contribution in [2.45, 2.75) is 0 Å². The number of rotatable bonds is 2. The summed E-state index contributed by atoms with van der Waals surface area (Å²) < 4.78 is 0.803. The summed E-state index contributed by atoms with van der Waals surface area (Å²) >= 11 is 3.33. The molecule has 2 aromatic carbocycles. The minimum absolute atomic E-state index is 0.00818. The van der Waals surface area contributed by atoms with Crippen LogP contribution in [0.1, 0.15) is 0 Å². The summed E-state index contributed by atoms with van der Waals surface area (Å²) in [6.07, 6.45) is 0. The number of phenols is 1. The second-order valence-corrected chi connectivity index (χ2v) is 5.12. The minimum Gasteiger partial charge on any atom is -0.507 e. The average Bonchev–Trinajstić information content (AvgIpc) is 2.83. The van der Waals surface area contributed by atoms with Crippen molar-refractivity contribution in [2.24, 2.45) is 0 Å². The maximum absolute atomic E-state index is 10.7. The Morgan fingerprint density at radius 1 is 1.25 bits per heavy atom. The molecule has 0 aliphatic carbocycles. The smallest absolute Gasteiger partial charge is 0.271 e. The Labute approximate surface area is 121 Å². The van der Waals surface area contributed by atoms with E-state index in [2.05, 4.69) is 25.9 Å². The van der Waals surface area contributed by atoms with Crippen LogP contribution < -0.4 is 0 Å². The van der Waals surface area contributed by atoms with Gasteiger partial charge < -0.3 is 10.1 Å². The maximum Gasteiger partial charge on any atom is 0.271 e. The molecule has 0 spiro atoms. The van der Waals surface area contributed by atoms with Crippen LogP contribution in [0.3, 0.4) is 0 Å². The molecular weight excluding hydrogens is 326 g/mol. The van der Waals surface area contributed by atoms with Crippen LogP contribution in [0, 0.1) is 10.1 Å². The number of halogens is 1. The number of aromatic amines is 1. The zero-order valence-corrected chi connectivity index (χ0v) is 11.6. The lowest BCUT2D eigenvalue weighted by Gasteiger charge is -2.01. The third-order valence-corrected chi connectivity index (χ3v) is 3.38. The van der Waals surface area contributed by atoms with E-state index in [-0.39, 0.29) is 11.4 Å². The number of benzene rings is 2. The van der Waals surface area contributed by atoms with Crippen molar-refractivity contribution in [3.63, 3.8) is 0 Å². The van der Waals surface area contributed by atoms with Gasteiger partial charge in [0.1, 0.15) is 11.6 Å². The number of non-ortho nitro benzene ring substituents is 1. The summed E-state index contributed by atoms with van der Waals surface area (Å²) in [5.41, 5.74) is 1.67. The van der Waals surface area contributed by atoms with Crippen LogP contribution in [0.2, 0.25) is 0 Å². The van der Waals surface area contributed by atoms with E-state index in [0.29, 0.717) is 22.4 Å². The largest absolute Gasteiger partial charge is 0.507 e. The Balaban J connectivity index is 2.17. The molecule has 0 fully saturated rings. The van der Waals surface area contributed by atoms with Gasteiger partial charge in [0.25, 0.3) is 5.69 Å². The number of nitrogens with one attached hydrogen (secondary N) is 1. The lowest BCUT2D eigenvalue weighted by Crippen LogP contribution is -1.86. The Morgan fingerprint density at radius 3 is 2.80 bits per heavy atom. The van der Waals surface area contributed by atoms with Crippen LogP contribution in [0.25, 0.3) is 22.4 Å². The van der Waals surface area contributed by atoms with Crippen molar-refractivity contribution >= 4 is 32.7 Å². The van der Waals surface area contributed by atoms with Crippen molar-refractivity contribution in [1.29, 1.82) is 0 Å². The molecule has 0 aliphatic rings. The highest BCUT2D eigenvalue weighted by molar-refractivity contribution is 9.10. The van der Waals surface area contributed by atoms with E-state index in [1.807, 2.05) is 0 Å². The molecule has 0 bridgehead atoms. The van der Waals surface area contributed by atoms with E-state index >= 15 is 0 Å². The van der Waals surface area contributed by atoms with Crippen molar-refractivity contribution in [1.82, 2.24) is 9.97 Å². The van der Waals surface area contributed by atoms with Crippen molar-refractivity contribution < 1.29 is 10.0 Å². The molecule has 1 heterocycles. The number of hydrogen-bond acceptors (Lipinski definition) is 4. The molecule has 7 heteroatoms. The number of aromatic hydroxyl groups is 1. The van der Waals surface area contributed by atoms with Gasteiger partial charge in [-0.25, -0.2) is 4.98 Å². The van der Waals surface area contributed by atoms with E-state index < -0.39 is 4.92 Å². The highest BCUT2D eigenvalue weighted by Crippen LogP contribution is 2.31. The molecule has 3 rings (SSSR count). The predicted molar refractivity (Wildman–Crippen MR) is 77.5 cm³/mol. The van der Waals surface area contributed by atoms with Gasteiger partial charge in [-0.3, -0.25) is 10.1 Å². The fourth-order valence-electron chi connectivity index (χ4n) is 1.94. The number of H-pyrrole nitrogens is 1. The Kier molecular flexibility index (Phi) is 2.90. The van der Waals surface area contributed by atoms with Crippen LogP contribution >= 0.6 is 15.9 Å². The summed E-state index contributed by atoms with van der Waals surface area (Å²) in [6, 6.07) is 9.37. The average molecular weight is 334 g/mol. The predicted octanol–water partition coefficient (Wildman–Crippen LogP) is 3.61. The molecule has 0 aliphatic heterocycles. The number of fused-ring (bicyclic) bond motifs is 1. The number of hydrogen-bond donors (Lipinski definition) is 2. The quantitative estimate of drug-likeness (QED) is 0.553. The number of nitro groups is 1. The molecular formula is C13H8BrN3O3. The van der Waals surface area contributed by atoms with Crippen LogP contribution in [0.15, 0.2) is 40.9 Å². The molecule has 0 saturated heterocycles. The Morgan fingerprint density at radius 2 is 2.05 bits per heavy atom. The van der Waals surface area contributed by atoms with Crippen molar-refractivity contribution in [2.75, 3.05) is 0 Å². The maximum atomic E-state index is 10.7. The van der Waals surface area contributed by atoms with Gasteiger partial charge in [0.15, 0.2) is 0 Å². The first-order valence-corrected chi connectivity index (χ1v) is 6.47. The number of nitrogens with zero attached hydrogens (tertiary/aromatic N) is 2. The molecule has 0 saturated carbocycles. The minimum atomic E-state index is -0.462. The van der Waals surface area contributed by atoms with Gasteiger partial charge in [0.2, 0.25) is 0 Å². The van der Waals surface area contributed by atoms with Crippen LogP contribution in [0.5, 0.6) is 5.75 Å². The van der Waals surface area contributed by atoms with Crippen molar-refractivity contribution in [3.8, 4) is 17.1 Å². The number of aromatic nitrogens is 2. The standard InChI is InChI=1S/C13H8BrN3O3/c14-7-1-4-12(18)9(5-7)13-15-10-3-2-8(17(19)20)6-11(10)16-13/h1-6,18H,(H,15,16). The molecule has 20 heavy (non-hydrogen) atoms. The van der Waals surface area contributed by atoms with Gasteiger partial charge in [0.05, 0.1) is 21.5 Å². The third-order valence-electron chi connectivity index (χ3n) is 2.89. The molecule has 0 unspecified atom stereocenters.